The molecule has 0 radical (unpaired) electrons. The first-order chi connectivity index (χ1) is 8.29. The third-order valence-electron chi connectivity index (χ3n) is 3.80. The van der Waals surface area contributed by atoms with Crippen molar-refractivity contribution in [3.63, 3.8) is 0 Å². The maximum absolute atomic E-state index is 3.79. The van der Waals surface area contributed by atoms with Crippen molar-refractivity contribution in [2.75, 3.05) is 6.54 Å². The second-order valence-corrected chi connectivity index (χ2v) is 5.37. The summed E-state index contributed by atoms with van der Waals surface area (Å²) >= 11 is 0. The minimum absolute atomic E-state index is 0.776. The minimum Gasteiger partial charge on any atom is -0.314 e. The zero-order valence-electron chi connectivity index (χ0n) is 12.7. The molecule has 0 aromatic carbocycles. The van der Waals surface area contributed by atoms with Gasteiger partial charge in [0.1, 0.15) is 0 Å². The summed E-state index contributed by atoms with van der Waals surface area (Å²) in [6, 6.07) is 0.776. The van der Waals surface area contributed by atoms with Gasteiger partial charge in [0.25, 0.3) is 0 Å². The molecule has 0 aromatic rings. The lowest BCUT2D eigenvalue weighted by Crippen LogP contribution is -2.36. The van der Waals surface area contributed by atoms with Crippen LogP contribution in [-0.2, 0) is 0 Å². The van der Waals surface area contributed by atoms with Gasteiger partial charge >= 0.3 is 0 Å². The number of rotatable bonds is 12. The molecule has 2 unspecified atom stereocenters. The Morgan fingerprint density at radius 1 is 0.765 bits per heavy atom. The third-order valence-corrected chi connectivity index (χ3v) is 3.80. The lowest BCUT2D eigenvalue weighted by atomic mass is 9.88. The van der Waals surface area contributed by atoms with E-state index in [0.29, 0.717) is 0 Å². The fourth-order valence-electron chi connectivity index (χ4n) is 2.60. The fraction of sp³-hybridized carbons (Fsp3) is 1.00. The van der Waals surface area contributed by atoms with Crippen LogP contribution < -0.4 is 5.32 Å². The molecule has 104 valence electrons. The molecule has 2 atom stereocenters. The summed E-state index contributed by atoms with van der Waals surface area (Å²) in [6.07, 6.45) is 12.3. The highest BCUT2D eigenvalue weighted by Crippen LogP contribution is 2.21. The van der Waals surface area contributed by atoms with E-state index in [4.69, 9.17) is 0 Å². The molecule has 0 fully saturated rings. The molecule has 0 aromatic heterocycles. The van der Waals surface area contributed by atoms with E-state index in [-0.39, 0.29) is 0 Å². The van der Waals surface area contributed by atoms with Gasteiger partial charge in [-0.2, -0.15) is 0 Å². The molecule has 0 saturated heterocycles. The van der Waals surface area contributed by atoms with Crippen molar-refractivity contribution in [3.05, 3.63) is 0 Å². The van der Waals surface area contributed by atoms with Crippen LogP contribution in [0.5, 0.6) is 0 Å². The molecule has 0 spiro atoms. The third kappa shape index (κ3) is 8.65. The Kier molecular flexibility index (Phi) is 12.4. The second kappa shape index (κ2) is 12.4. The number of hydrogen-bond donors (Lipinski definition) is 1. The zero-order chi connectivity index (χ0) is 12.9. The van der Waals surface area contributed by atoms with Crippen molar-refractivity contribution in [2.45, 2.75) is 91.5 Å². The highest BCUT2D eigenvalue weighted by atomic mass is 14.9. The Morgan fingerprint density at radius 3 is 2.00 bits per heavy atom. The van der Waals surface area contributed by atoms with E-state index in [1.807, 2.05) is 0 Å². The van der Waals surface area contributed by atoms with Crippen molar-refractivity contribution in [1.29, 1.82) is 0 Å². The van der Waals surface area contributed by atoms with Crippen LogP contribution in [0.4, 0.5) is 0 Å². The molecule has 1 N–H and O–H groups in total. The minimum atomic E-state index is 0.776. The van der Waals surface area contributed by atoms with Gasteiger partial charge in [-0.1, -0.05) is 66.2 Å². The summed E-state index contributed by atoms with van der Waals surface area (Å²) < 4.78 is 0. The monoisotopic (exact) mass is 241 g/mol. The summed E-state index contributed by atoms with van der Waals surface area (Å²) in [5.41, 5.74) is 0. The van der Waals surface area contributed by atoms with Crippen LogP contribution in [0.15, 0.2) is 0 Å². The summed E-state index contributed by atoms with van der Waals surface area (Å²) in [4.78, 5) is 0. The zero-order valence-corrected chi connectivity index (χ0v) is 12.7. The molecule has 0 saturated carbocycles. The molecule has 0 aliphatic heterocycles. The maximum atomic E-state index is 3.79. The van der Waals surface area contributed by atoms with Crippen molar-refractivity contribution >= 4 is 0 Å². The number of hydrogen-bond acceptors (Lipinski definition) is 1. The van der Waals surface area contributed by atoms with E-state index in [1.54, 1.807) is 0 Å². The maximum Gasteiger partial charge on any atom is 0.00952 e. The van der Waals surface area contributed by atoms with Gasteiger partial charge in [-0.3, -0.25) is 0 Å². The topological polar surface area (TPSA) is 12.0 Å². The molecule has 17 heavy (non-hydrogen) atoms. The smallest absolute Gasteiger partial charge is 0.00952 e. The number of nitrogens with one attached hydrogen (secondary N) is 1. The lowest BCUT2D eigenvalue weighted by molar-refractivity contribution is 0.296. The highest BCUT2D eigenvalue weighted by Gasteiger charge is 2.18. The van der Waals surface area contributed by atoms with Crippen LogP contribution in [0.1, 0.15) is 85.5 Å². The first-order valence-corrected chi connectivity index (χ1v) is 8.03. The molecule has 1 nitrogen and oxygen atoms in total. The van der Waals surface area contributed by atoms with Crippen molar-refractivity contribution in [3.8, 4) is 0 Å². The Hall–Kier alpha value is -0.0400. The van der Waals surface area contributed by atoms with Crippen molar-refractivity contribution < 1.29 is 0 Å². The normalized spacial score (nSPS) is 14.8. The summed E-state index contributed by atoms with van der Waals surface area (Å²) in [5.74, 6) is 0.901. The van der Waals surface area contributed by atoms with E-state index in [2.05, 4.69) is 33.0 Å². The average molecular weight is 241 g/mol. The number of unbranched alkanes of at least 4 members (excludes halogenated alkanes) is 3. The quantitative estimate of drug-likeness (QED) is 0.466. The molecular formula is C16H35N. The van der Waals surface area contributed by atoms with Gasteiger partial charge in [-0.15, -0.1) is 0 Å². The summed E-state index contributed by atoms with van der Waals surface area (Å²) in [6.45, 7) is 10.4. The van der Waals surface area contributed by atoms with E-state index in [9.17, 15) is 0 Å². The Labute approximate surface area is 110 Å². The van der Waals surface area contributed by atoms with Crippen molar-refractivity contribution in [1.82, 2.24) is 5.32 Å². The Balaban J connectivity index is 4.08. The van der Waals surface area contributed by atoms with Gasteiger partial charge in [0, 0.05) is 6.04 Å². The van der Waals surface area contributed by atoms with Gasteiger partial charge in [0.05, 0.1) is 0 Å². The first-order valence-electron chi connectivity index (χ1n) is 8.03. The molecule has 0 amide bonds. The SMILES string of the molecule is CCCCCC(NCCC)C(CC)CCCC. The first kappa shape index (κ1) is 17.0. The summed E-state index contributed by atoms with van der Waals surface area (Å²) in [5, 5.41) is 3.79. The van der Waals surface area contributed by atoms with E-state index >= 15 is 0 Å². The second-order valence-electron chi connectivity index (χ2n) is 5.37. The predicted octanol–water partition coefficient (Wildman–Crippen LogP) is 5.15. The van der Waals surface area contributed by atoms with Gasteiger partial charge in [-0.25, -0.2) is 0 Å². The molecule has 0 aliphatic rings. The highest BCUT2D eigenvalue weighted by molar-refractivity contribution is 4.75. The molecule has 0 aliphatic carbocycles. The fourth-order valence-corrected chi connectivity index (χ4v) is 2.60. The molecule has 0 heterocycles. The van der Waals surface area contributed by atoms with Gasteiger partial charge in [0.15, 0.2) is 0 Å². The Bertz CT molecular complexity index is 144. The predicted molar refractivity (Wildman–Crippen MR) is 79.5 cm³/mol. The van der Waals surface area contributed by atoms with Gasteiger partial charge < -0.3 is 5.32 Å². The van der Waals surface area contributed by atoms with Crippen LogP contribution in [0, 0.1) is 5.92 Å². The van der Waals surface area contributed by atoms with Crippen molar-refractivity contribution in [2.24, 2.45) is 5.92 Å². The van der Waals surface area contributed by atoms with Crippen LogP contribution in [-0.4, -0.2) is 12.6 Å². The van der Waals surface area contributed by atoms with Crippen LogP contribution in [0.3, 0.4) is 0 Å². The Morgan fingerprint density at radius 2 is 1.47 bits per heavy atom. The largest absolute Gasteiger partial charge is 0.314 e. The molecular weight excluding hydrogens is 206 g/mol. The van der Waals surface area contributed by atoms with E-state index < -0.39 is 0 Å². The molecule has 0 bridgehead atoms. The standard InChI is InChI=1S/C16H35N/c1-5-9-11-13-16(17-14-7-3)15(8-4)12-10-6-2/h15-17H,5-14H2,1-4H3. The average Bonchev–Trinajstić information content (AvgIpc) is 2.36. The molecule has 1 heteroatoms. The van der Waals surface area contributed by atoms with E-state index in [1.165, 1.54) is 64.3 Å². The van der Waals surface area contributed by atoms with E-state index in [0.717, 1.165) is 12.0 Å². The van der Waals surface area contributed by atoms with Gasteiger partial charge in [-0.05, 0) is 31.7 Å². The van der Waals surface area contributed by atoms with Gasteiger partial charge in [0.2, 0.25) is 0 Å². The lowest BCUT2D eigenvalue weighted by Gasteiger charge is -2.27. The summed E-state index contributed by atoms with van der Waals surface area (Å²) in [7, 11) is 0. The van der Waals surface area contributed by atoms with Crippen LogP contribution >= 0.6 is 0 Å². The van der Waals surface area contributed by atoms with Crippen LogP contribution in [0.25, 0.3) is 0 Å². The molecule has 0 rings (SSSR count). The van der Waals surface area contributed by atoms with Crippen LogP contribution in [0.2, 0.25) is 0 Å².